The van der Waals surface area contributed by atoms with E-state index < -0.39 is 53.9 Å². The second kappa shape index (κ2) is 13.9. The SMILES string of the molecule is CCOP(=O)(/C=C/C[C@H]1[C@@H](O[Si](C)(C)C(C)(C)C)[C@H](n2cc(C)c(=O)[nH]c2=O)O[C@@H]1CO[Si](C)(C)C(C)(C)C)OCC. The first-order valence-electron chi connectivity index (χ1n) is 14.9. The number of aromatic nitrogens is 2. The summed E-state index contributed by atoms with van der Waals surface area (Å²) in [6, 6.07) is 0. The number of aryl methyl sites for hydroxylation is 1. The van der Waals surface area contributed by atoms with E-state index in [2.05, 4.69) is 72.7 Å². The topological polar surface area (TPSA) is 118 Å². The number of nitrogens with one attached hydrogen (secondary N) is 1. The van der Waals surface area contributed by atoms with Crippen molar-refractivity contribution in [2.24, 2.45) is 5.92 Å². The number of nitrogens with zero attached hydrogens (tertiary/aromatic N) is 1. The standard InChI is InChI=1S/C29H55N2O8PSi2/c1-14-35-40(34,36-15-2)18-16-17-22-23(20-37-41(10,11)28(4,5)6)38-26(24(22)39-42(12,13)29(7,8)9)31-19-21(3)25(32)30-27(31)33/h16,18-19,22-24,26H,14-15,17,20H2,1-13H3,(H,30,32,33)/b18-16+/t22-,23-,24-,26-/m1/s1. The Bertz CT molecular complexity index is 1240. The van der Waals surface area contributed by atoms with Gasteiger partial charge < -0.3 is 22.6 Å². The first-order chi connectivity index (χ1) is 19.1. The van der Waals surface area contributed by atoms with Gasteiger partial charge in [-0.05, 0) is 63.5 Å². The maximum absolute atomic E-state index is 13.2. The molecule has 1 aromatic rings. The summed E-state index contributed by atoms with van der Waals surface area (Å²) in [4.78, 5) is 27.7. The number of rotatable bonds is 13. The molecule has 0 spiro atoms. The number of H-pyrrole nitrogens is 1. The van der Waals surface area contributed by atoms with E-state index in [0.29, 0.717) is 18.6 Å². The normalized spacial score (nSPS) is 22.8. The van der Waals surface area contributed by atoms with Crippen LogP contribution < -0.4 is 11.2 Å². The van der Waals surface area contributed by atoms with Crippen LogP contribution in [0, 0.1) is 12.8 Å². The molecule has 10 nitrogen and oxygen atoms in total. The summed E-state index contributed by atoms with van der Waals surface area (Å²) in [6.45, 7) is 27.8. The molecule has 1 fully saturated rings. The monoisotopic (exact) mass is 646 g/mol. The van der Waals surface area contributed by atoms with Crippen LogP contribution in [0.5, 0.6) is 0 Å². The van der Waals surface area contributed by atoms with Gasteiger partial charge in [0.2, 0.25) is 0 Å². The van der Waals surface area contributed by atoms with Crippen LogP contribution in [0.3, 0.4) is 0 Å². The molecule has 1 aliphatic rings. The molecule has 242 valence electrons. The van der Waals surface area contributed by atoms with Crippen molar-refractivity contribution < 1.29 is 27.2 Å². The summed E-state index contributed by atoms with van der Waals surface area (Å²) >= 11 is 0. The average molecular weight is 647 g/mol. The van der Waals surface area contributed by atoms with Gasteiger partial charge in [0.25, 0.3) is 5.56 Å². The van der Waals surface area contributed by atoms with Gasteiger partial charge >= 0.3 is 13.3 Å². The van der Waals surface area contributed by atoms with Crippen LogP contribution in [-0.2, 0) is 27.2 Å². The van der Waals surface area contributed by atoms with E-state index in [1.165, 1.54) is 16.6 Å². The summed E-state index contributed by atoms with van der Waals surface area (Å²) in [6.07, 6.45) is 2.02. The van der Waals surface area contributed by atoms with Gasteiger partial charge in [0.1, 0.15) is 0 Å². The van der Waals surface area contributed by atoms with Gasteiger partial charge in [0.15, 0.2) is 22.9 Å². The summed E-state index contributed by atoms with van der Waals surface area (Å²) in [5, 5.41) is -0.120. The van der Waals surface area contributed by atoms with Gasteiger partial charge in [-0.2, -0.15) is 0 Å². The molecule has 0 aliphatic carbocycles. The molecule has 0 unspecified atom stereocenters. The third-order valence-corrected chi connectivity index (χ3v) is 19.7. The largest absolute Gasteiger partial charge is 0.414 e. The van der Waals surface area contributed by atoms with Crippen molar-refractivity contribution in [1.82, 2.24) is 9.55 Å². The Morgan fingerprint density at radius 2 is 1.55 bits per heavy atom. The van der Waals surface area contributed by atoms with Gasteiger partial charge in [-0.3, -0.25) is 18.9 Å². The van der Waals surface area contributed by atoms with Crippen LogP contribution in [0.2, 0.25) is 36.3 Å². The van der Waals surface area contributed by atoms with E-state index >= 15 is 0 Å². The minimum absolute atomic E-state index is 0.00790. The molecule has 42 heavy (non-hydrogen) atoms. The number of ether oxygens (including phenoxy) is 1. The smallest absolute Gasteiger partial charge is 0.353 e. The van der Waals surface area contributed by atoms with Crippen LogP contribution in [0.4, 0.5) is 0 Å². The second-order valence-electron chi connectivity index (χ2n) is 14.1. The minimum Gasteiger partial charge on any atom is -0.414 e. The van der Waals surface area contributed by atoms with E-state index in [4.69, 9.17) is 22.6 Å². The van der Waals surface area contributed by atoms with Gasteiger partial charge in [-0.1, -0.05) is 47.6 Å². The quantitative estimate of drug-likeness (QED) is 0.181. The molecule has 2 rings (SSSR count). The van der Waals surface area contributed by atoms with Crippen molar-refractivity contribution in [3.05, 3.63) is 44.5 Å². The highest BCUT2D eigenvalue weighted by molar-refractivity contribution is 7.57. The molecule has 1 saturated heterocycles. The molecule has 13 heteroatoms. The molecule has 0 amide bonds. The Kier molecular flexibility index (Phi) is 12.3. The lowest BCUT2D eigenvalue weighted by Crippen LogP contribution is -2.48. The number of hydrogen-bond acceptors (Lipinski definition) is 8. The molecular weight excluding hydrogens is 591 g/mol. The molecule has 1 aromatic heterocycles. The fourth-order valence-electron chi connectivity index (χ4n) is 4.23. The Hall–Kier alpha value is -1.12. The van der Waals surface area contributed by atoms with Crippen molar-refractivity contribution in [3.63, 3.8) is 0 Å². The average Bonchev–Trinajstić information content (AvgIpc) is 3.15. The fourth-order valence-corrected chi connectivity index (χ4v) is 7.91. The molecule has 0 saturated carbocycles. The van der Waals surface area contributed by atoms with E-state index in [1.54, 1.807) is 20.8 Å². The Balaban J connectivity index is 2.64. The third-order valence-electron chi connectivity index (χ3n) is 8.88. The van der Waals surface area contributed by atoms with E-state index in [9.17, 15) is 14.2 Å². The lowest BCUT2D eigenvalue weighted by atomic mass is 9.94. The Labute approximate surface area is 254 Å². The molecular formula is C29H55N2O8PSi2. The van der Waals surface area contributed by atoms with E-state index in [-0.39, 0.29) is 29.2 Å². The van der Waals surface area contributed by atoms with Crippen molar-refractivity contribution in [2.75, 3.05) is 19.8 Å². The lowest BCUT2D eigenvalue weighted by molar-refractivity contribution is -0.0495. The highest BCUT2D eigenvalue weighted by Crippen LogP contribution is 2.51. The van der Waals surface area contributed by atoms with Crippen LogP contribution in [0.1, 0.15) is 73.6 Å². The van der Waals surface area contributed by atoms with Crippen molar-refractivity contribution in [3.8, 4) is 0 Å². The zero-order valence-electron chi connectivity index (χ0n) is 28.0. The molecule has 4 atom stereocenters. The maximum atomic E-state index is 13.2. The summed E-state index contributed by atoms with van der Waals surface area (Å²) in [5.41, 5.74) is -0.594. The van der Waals surface area contributed by atoms with Crippen LogP contribution in [-0.4, -0.2) is 58.2 Å². The predicted octanol–water partition coefficient (Wildman–Crippen LogP) is 6.94. The predicted molar refractivity (Wildman–Crippen MR) is 173 cm³/mol. The summed E-state index contributed by atoms with van der Waals surface area (Å²) in [5.74, 6) is 1.26. The lowest BCUT2D eigenvalue weighted by Gasteiger charge is -2.41. The molecule has 2 heterocycles. The van der Waals surface area contributed by atoms with Gasteiger partial charge in [0.05, 0.1) is 32.0 Å². The Morgan fingerprint density at radius 1 is 1.00 bits per heavy atom. The third kappa shape index (κ3) is 8.97. The molecule has 1 N–H and O–H groups in total. The number of hydrogen-bond donors (Lipinski definition) is 1. The zero-order valence-corrected chi connectivity index (χ0v) is 30.9. The molecule has 0 aromatic carbocycles. The molecule has 0 bridgehead atoms. The number of allylic oxidation sites excluding steroid dienone is 1. The van der Waals surface area contributed by atoms with Crippen LogP contribution in [0.25, 0.3) is 0 Å². The summed E-state index contributed by atoms with van der Waals surface area (Å²) in [7, 11) is -7.93. The van der Waals surface area contributed by atoms with Crippen molar-refractivity contribution in [1.29, 1.82) is 0 Å². The minimum atomic E-state index is -3.41. The fraction of sp³-hybridized carbons (Fsp3) is 0.793. The highest BCUT2D eigenvalue weighted by atomic mass is 31.2. The van der Waals surface area contributed by atoms with Crippen LogP contribution in [0.15, 0.2) is 27.7 Å². The zero-order chi connectivity index (χ0) is 32.3. The molecule has 0 radical (unpaired) electrons. The number of aromatic amines is 1. The molecule has 1 aliphatic heterocycles. The van der Waals surface area contributed by atoms with Gasteiger partial charge in [-0.15, -0.1) is 0 Å². The Morgan fingerprint density at radius 3 is 2.05 bits per heavy atom. The van der Waals surface area contributed by atoms with Gasteiger partial charge in [0, 0.05) is 23.5 Å². The van der Waals surface area contributed by atoms with Crippen molar-refractivity contribution in [2.45, 2.75) is 123 Å². The highest BCUT2D eigenvalue weighted by Gasteiger charge is 2.51. The maximum Gasteiger partial charge on any atom is 0.353 e. The van der Waals surface area contributed by atoms with E-state index in [1.807, 2.05) is 6.08 Å². The van der Waals surface area contributed by atoms with E-state index in [0.717, 1.165) is 0 Å². The summed E-state index contributed by atoms with van der Waals surface area (Å²) < 4.78 is 45.9. The van der Waals surface area contributed by atoms with Crippen molar-refractivity contribution >= 4 is 24.2 Å². The second-order valence-corrected chi connectivity index (χ2v) is 25.6. The first kappa shape index (κ1) is 37.1. The first-order valence-corrected chi connectivity index (χ1v) is 22.4. The van der Waals surface area contributed by atoms with Crippen LogP contribution >= 0.6 is 7.60 Å². The van der Waals surface area contributed by atoms with Gasteiger partial charge in [-0.25, -0.2) is 4.79 Å².